The maximum atomic E-state index is 14.4. The Bertz CT molecular complexity index is 798. The second-order valence-electron chi connectivity index (χ2n) is 7.21. The number of benzene rings is 1. The largest absolute Gasteiger partial charge is 0.327 e. The van der Waals surface area contributed by atoms with Crippen molar-refractivity contribution >= 4 is 34.0 Å². The van der Waals surface area contributed by atoms with Gasteiger partial charge in [-0.3, -0.25) is 4.79 Å². The van der Waals surface area contributed by atoms with Crippen molar-refractivity contribution in [2.24, 2.45) is 11.1 Å². The average Bonchev–Trinajstić information content (AvgIpc) is 2.48. The molecule has 0 radical (unpaired) electrons. The third kappa shape index (κ3) is 3.67. The molecular weight excluding hydrogens is 369 g/mol. The van der Waals surface area contributed by atoms with Gasteiger partial charge in [0.25, 0.3) is 0 Å². The predicted molar refractivity (Wildman–Crippen MR) is 95.7 cm³/mol. The van der Waals surface area contributed by atoms with Gasteiger partial charge in [-0.15, -0.1) is 12.4 Å². The van der Waals surface area contributed by atoms with Crippen molar-refractivity contribution in [3.05, 3.63) is 23.5 Å². The molecule has 2 aliphatic heterocycles. The van der Waals surface area contributed by atoms with E-state index in [1.54, 1.807) is 0 Å². The minimum atomic E-state index is -3.94. The number of hydrogen-bond acceptors (Lipinski definition) is 4. The second-order valence-corrected chi connectivity index (χ2v) is 9.12. The summed E-state index contributed by atoms with van der Waals surface area (Å²) in [5.41, 5.74) is 6.68. The number of fused-ring (bicyclic) bond motifs is 1. The summed E-state index contributed by atoms with van der Waals surface area (Å²) >= 11 is 0. The molecule has 3 N–H and O–H groups in total. The number of rotatable bonds is 2. The molecule has 1 amide bonds. The average molecular weight is 392 g/mol. The van der Waals surface area contributed by atoms with E-state index in [2.05, 4.69) is 5.32 Å². The zero-order chi connectivity index (χ0) is 17.7. The molecule has 2 heterocycles. The maximum absolute atomic E-state index is 14.4. The van der Waals surface area contributed by atoms with Crippen molar-refractivity contribution in [1.29, 1.82) is 0 Å². The Morgan fingerprint density at radius 3 is 2.64 bits per heavy atom. The fraction of sp³-hybridized carbons (Fsp3) is 0.562. The van der Waals surface area contributed by atoms with E-state index in [4.69, 9.17) is 5.73 Å². The number of nitrogens with one attached hydrogen (secondary N) is 1. The van der Waals surface area contributed by atoms with Gasteiger partial charge in [-0.1, -0.05) is 13.8 Å². The molecule has 0 aromatic heterocycles. The summed E-state index contributed by atoms with van der Waals surface area (Å²) < 4.78 is 41.6. The molecule has 9 heteroatoms. The Morgan fingerprint density at radius 2 is 2.00 bits per heavy atom. The quantitative estimate of drug-likeness (QED) is 0.805. The third-order valence-electron chi connectivity index (χ3n) is 4.95. The lowest BCUT2D eigenvalue weighted by atomic mass is 9.81. The van der Waals surface area contributed by atoms with E-state index < -0.39 is 15.8 Å². The van der Waals surface area contributed by atoms with E-state index in [-0.39, 0.29) is 54.2 Å². The van der Waals surface area contributed by atoms with Gasteiger partial charge >= 0.3 is 0 Å². The van der Waals surface area contributed by atoms with Crippen LogP contribution in [0, 0.1) is 11.2 Å². The van der Waals surface area contributed by atoms with Crippen molar-refractivity contribution in [2.45, 2.75) is 44.0 Å². The fourth-order valence-corrected chi connectivity index (χ4v) is 4.97. The van der Waals surface area contributed by atoms with Gasteiger partial charge in [-0.05, 0) is 36.0 Å². The molecule has 3 rings (SSSR count). The third-order valence-corrected chi connectivity index (χ3v) is 6.81. The summed E-state index contributed by atoms with van der Waals surface area (Å²) in [5.74, 6) is -1.03. The van der Waals surface area contributed by atoms with Gasteiger partial charge in [0.05, 0.1) is 0 Å². The predicted octanol–water partition coefficient (Wildman–Crippen LogP) is 1.88. The lowest BCUT2D eigenvalue weighted by Gasteiger charge is -2.41. The minimum absolute atomic E-state index is 0. The molecule has 0 bridgehead atoms. The van der Waals surface area contributed by atoms with Gasteiger partial charge in [0.2, 0.25) is 15.9 Å². The normalized spacial score (nSPS) is 23.4. The zero-order valence-electron chi connectivity index (χ0n) is 14.2. The lowest BCUT2D eigenvalue weighted by molar-refractivity contribution is -0.116. The number of nitrogens with zero attached hydrogens (tertiary/aromatic N) is 1. The number of sulfonamides is 1. The summed E-state index contributed by atoms with van der Waals surface area (Å²) in [7, 11) is -3.94. The standard InChI is InChI=1S/C16H22FN3O3S.ClH/c1-16(2)9-20(6-5-14(16)18)24(22,23)13-7-10-3-4-15(21)19-12(10)8-11(13)17;/h7-8,14H,3-6,9,18H2,1-2H3,(H,19,21);1H. The van der Waals surface area contributed by atoms with Crippen LogP contribution in [0.25, 0.3) is 0 Å². The first-order chi connectivity index (χ1) is 11.1. The van der Waals surface area contributed by atoms with E-state index in [0.717, 1.165) is 6.07 Å². The highest BCUT2D eigenvalue weighted by molar-refractivity contribution is 7.89. The van der Waals surface area contributed by atoms with Crippen LogP contribution in [-0.2, 0) is 21.2 Å². The van der Waals surface area contributed by atoms with Crippen LogP contribution >= 0.6 is 12.4 Å². The summed E-state index contributed by atoms with van der Waals surface area (Å²) in [6.07, 6.45) is 1.21. The van der Waals surface area contributed by atoms with Crippen LogP contribution < -0.4 is 11.1 Å². The van der Waals surface area contributed by atoms with Gasteiger partial charge in [-0.2, -0.15) is 4.31 Å². The molecule has 1 aromatic rings. The van der Waals surface area contributed by atoms with Crippen LogP contribution in [0.3, 0.4) is 0 Å². The Balaban J connectivity index is 0.00000225. The molecule has 1 aromatic carbocycles. The number of nitrogens with two attached hydrogens (primary N) is 1. The van der Waals surface area contributed by atoms with Crippen LogP contribution in [0.4, 0.5) is 10.1 Å². The number of carbonyl (C=O) groups is 1. The fourth-order valence-electron chi connectivity index (χ4n) is 3.25. The van der Waals surface area contributed by atoms with E-state index >= 15 is 0 Å². The van der Waals surface area contributed by atoms with E-state index in [1.807, 2.05) is 13.8 Å². The zero-order valence-corrected chi connectivity index (χ0v) is 15.8. The first-order valence-electron chi connectivity index (χ1n) is 7.99. The van der Waals surface area contributed by atoms with Crippen LogP contribution in [-0.4, -0.2) is 37.8 Å². The lowest BCUT2D eigenvalue weighted by Crippen LogP contribution is -2.53. The first kappa shape index (κ1) is 20.1. The number of amides is 1. The molecule has 6 nitrogen and oxygen atoms in total. The van der Waals surface area contributed by atoms with Crippen LogP contribution in [0.15, 0.2) is 17.0 Å². The van der Waals surface area contributed by atoms with Gasteiger partial charge in [-0.25, -0.2) is 12.8 Å². The number of piperidine rings is 1. The number of carbonyl (C=O) groups excluding carboxylic acids is 1. The smallest absolute Gasteiger partial charge is 0.246 e. The van der Waals surface area contributed by atoms with Crippen molar-refractivity contribution in [3.8, 4) is 0 Å². The van der Waals surface area contributed by atoms with Crippen molar-refractivity contribution in [2.75, 3.05) is 18.4 Å². The molecule has 2 aliphatic rings. The van der Waals surface area contributed by atoms with Gasteiger partial charge in [0.15, 0.2) is 0 Å². The highest BCUT2D eigenvalue weighted by Crippen LogP contribution is 2.34. The second kappa shape index (κ2) is 6.83. The SMILES string of the molecule is CC1(C)CN(S(=O)(=O)c2cc3c(cc2F)NC(=O)CC3)CCC1N.Cl. The first-order valence-corrected chi connectivity index (χ1v) is 9.43. The highest BCUT2D eigenvalue weighted by atomic mass is 35.5. The molecule has 1 atom stereocenters. The molecule has 0 spiro atoms. The van der Waals surface area contributed by atoms with E-state index in [1.165, 1.54) is 10.4 Å². The van der Waals surface area contributed by atoms with Gasteiger partial charge < -0.3 is 11.1 Å². The molecule has 1 fully saturated rings. The summed E-state index contributed by atoms with van der Waals surface area (Å²) in [6.45, 7) is 4.36. The molecule has 140 valence electrons. The monoisotopic (exact) mass is 391 g/mol. The molecule has 25 heavy (non-hydrogen) atoms. The van der Waals surface area contributed by atoms with Crippen LogP contribution in [0.2, 0.25) is 0 Å². The van der Waals surface area contributed by atoms with E-state index in [0.29, 0.717) is 24.1 Å². The van der Waals surface area contributed by atoms with Crippen molar-refractivity contribution < 1.29 is 17.6 Å². The molecule has 0 saturated carbocycles. The Kier molecular flexibility index (Phi) is 5.49. The molecule has 1 unspecified atom stereocenters. The molecule has 0 aliphatic carbocycles. The molecule has 1 saturated heterocycles. The van der Waals surface area contributed by atoms with Gasteiger partial charge in [0.1, 0.15) is 10.7 Å². The minimum Gasteiger partial charge on any atom is -0.327 e. The topological polar surface area (TPSA) is 92.5 Å². The number of anilines is 1. The van der Waals surface area contributed by atoms with Crippen molar-refractivity contribution in [3.63, 3.8) is 0 Å². The van der Waals surface area contributed by atoms with Crippen LogP contribution in [0.5, 0.6) is 0 Å². The van der Waals surface area contributed by atoms with Gasteiger partial charge in [0, 0.05) is 31.2 Å². The Morgan fingerprint density at radius 1 is 1.32 bits per heavy atom. The Hall–Kier alpha value is -1.22. The molecular formula is C16H23ClFN3O3S. The highest BCUT2D eigenvalue weighted by Gasteiger charge is 2.40. The number of hydrogen-bond donors (Lipinski definition) is 2. The summed E-state index contributed by atoms with van der Waals surface area (Å²) in [6, 6.07) is 2.36. The summed E-state index contributed by atoms with van der Waals surface area (Å²) in [4.78, 5) is 11.1. The summed E-state index contributed by atoms with van der Waals surface area (Å²) in [5, 5.41) is 2.57. The Labute approximate surface area is 153 Å². The van der Waals surface area contributed by atoms with Crippen molar-refractivity contribution in [1.82, 2.24) is 4.31 Å². The number of aryl methyl sites for hydroxylation is 1. The van der Waals surface area contributed by atoms with E-state index in [9.17, 15) is 17.6 Å². The maximum Gasteiger partial charge on any atom is 0.246 e. The number of halogens is 2. The van der Waals surface area contributed by atoms with Crippen LogP contribution in [0.1, 0.15) is 32.3 Å².